The van der Waals surface area contributed by atoms with E-state index in [1.807, 2.05) is 0 Å². The minimum Gasteiger partial charge on any atom is -0.338 e. The van der Waals surface area contributed by atoms with Crippen LogP contribution in [0.2, 0.25) is 10.0 Å². The van der Waals surface area contributed by atoms with E-state index in [1.54, 1.807) is 6.92 Å². The summed E-state index contributed by atoms with van der Waals surface area (Å²) in [5.74, 6) is -0.487. The third kappa shape index (κ3) is 2.14. The Labute approximate surface area is 106 Å². The van der Waals surface area contributed by atoms with Gasteiger partial charge >= 0.3 is 5.63 Å². The third-order valence-corrected chi connectivity index (χ3v) is 2.83. The number of aromatic amines is 1. The van der Waals surface area contributed by atoms with Gasteiger partial charge in [0.15, 0.2) is 0 Å². The maximum absolute atomic E-state index is 12.1. The Hall–Kier alpha value is -1.52. The number of benzene rings is 1. The number of ketones is 1. The lowest BCUT2D eigenvalue weighted by Gasteiger charge is -2.01. The van der Waals surface area contributed by atoms with Crippen LogP contribution in [0.1, 0.15) is 21.6 Å². The maximum Gasteiger partial charge on any atom is 0.368 e. The van der Waals surface area contributed by atoms with Crippen LogP contribution in [0.15, 0.2) is 27.5 Å². The highest BCUT2D eigenvalue weighted by molar-refractivity contribution is 6.37. The Morgan fingerprint density at radius 2 is 2.06 bits per heavy atom. The second-order valence-electron chi connectivity index (χ2n) is 3.44. The number of carbonyl (C=O) groups excluding carboxylic acids is 1. The molecule has 0 aliphatic carbocycles. The van der Waals surface area contributed by atoms with Crippen LogP contribution in [0.5, 0.6) is 0 Å². The molecule has 0 atom stereocenters. The highest BCUT2D eigenvalue weighted by atomic mass is 35.5. The van der Waals surface area contributed by atoms with E-state index in [-0.39, 0.29) is 16.1 Å². The van der Waals surface area contributed by atoms with Gasteiger partial charge in [0.05, 0.1) is 10.7 Å². The lowest BCUT2D eigenvalue weighted by Crippen LogP contribution is -2.12. The van der Waals surface area contributed by atoms with Crippen molar-refractivity contribution in [1.29, 1.82) is 0 Å². The molecule has 0 amide bonds. The van der Waals surface area contributed by atoms with Crippen LogP contribution in [0, 0.1) is 6.92 Å². The number of halogens is 2. The summed E-state index contributed by atoms with van der Waals surface area (Å²) in [6.07, 6.45) is 0. The van der Waals surface area contributed by atoms with Gasteiger partial charge in [-0.05, 0) is 25.1 Å². The Morgan fingerprint density at radius 1 is 1.35 bits per heavy atom. The van der Waals surface area contributed by atoms with E-state index in [1.165, 1.54) is 18.2 Å². The minimum atomic E-state index is -0.710. The van der Waals surface area contributed by atoms with Gasteiger partial charge in [0.2, 0.25) is 5.78 Å². The van der Waals surface area contributed by atoms with Crippen molar-refractivity contribution in [3.05, 3.63) is 55.5 Å². The van der Waals surface area contributed by atoms with E-state index >= 15 is 0 Å². The van der Waals surface area contributed by atoms with Gasteiger partial charge in [0.1, 0.15) is 5.56 Å². The number of hydrogen-bond donors (Lipinski definition) is 1. The van der Waals surface area contributed by atoms with Gasteiger partial charge in [0, 0.05) is 10.6 Å². The molecular weight excluding hydrogens is 265 g/mol. The number of carbonyl (C=O) groups is 1. The van der Waals surface area contributed by atoms with E-state index in [0.717, 1.165) is 0 Å². The van der Waals surface area contributed by atoms with Gasteiger partial charge in [-0.15, -0.1) is 0 Å². The van der Waals surface area contributed by atoms with Gasteiger partial charge in [-0.25, -0.2) is 9.95 Å². The van der Waals surface area contributed by atoms with Gasteiger partial charge in [-0.1, -0.05) is 23.2 Å². The van der Waals surface area contributed by atoms with Crippen molar-refractivity contribution in [1.82, 2.24) is 5.16 Å². The molecule has 0 saturated carbocycles. The van der Waals surface area contributed by atoms with Gasteiger partial charge in [-0.2, -0.15) is 0 Å². The first-order valence-corrected chi connectivity index (χ1v) is 5.44. The minimum absolute atomic E-state index is 0.0470. The summed E-state index contributed by atoms with van der Waals surface area (Å²) in [5.41, 5.74) is -0.176. The molecule has 1 heterocycles. The average molecular weight is 272 g/mol. The standard InChI is InChI=1S/C11H7Cl2NO3/c1-5-9(11(16)17-14-5)10(15)7-3-2-6(12)4-8(7)13/h2-4,14H,1H3. The van der Waals surface area contributed by atoms with Crippen molar-refractivity contribution in [2.75, 3.05) is 0 Å². The maximum atomic E-state index is 12.1. The van der Waals surface area contributed by atoms with Crippen LogP contribution < -0.4 is 5.63 Å². The van der Waals surface area contributed by atoms with Crippen LogP contribution in [-0.2, 0) is 0 Å². The van der Waals surface area contributed by atoms with E-state index in [9.17, 15) is 9.59 Å². The molecule has 0 aliphatic heterocycles. The monoisotopic (exact) mass is 271 g/mol. The number of aryl methyl sites for hydroxylation is 1. The quantitative estimate of drug-likeness (QED) is 0.855. The number of hydrogen-bond acceptors (Lipinski definition) is 3. The van der Waals surface area contributed by atoms with Gasteiger partial charge in [-0.3, -0.25) is 4.79 Å². The SMILES string of the molecule is Cc1[nH]oc(=O)c1C(=O)c1ccc(Cl)cc1Cl. The Kier molecular flexibility index (Phi) is 3.09. The van der Waals surface area contributed by atoms with Crippen LogP contribution in [0.4, 0.5) is 0 Å². The molecule has 0 fully saturated rings. The van der Waals surface area contributed by atoms with Crippen molar-refractivity contribution >= 4 is 29.0 Å². The zero-order valence-corrected chi connectivity index (χ0v) is 10.2. The van der Waals surface area contributed by atoms with Crippen LogP contribution >= 0.6 is 23.2 Å². The normalized spacial score (nSPS) is 10.5. The molecule has 0 unspecified atom stereocenters. The summed E-state index contributed by atoms with van der Waals surface area (Å²) in [4.78, 5) is 23.4. The summed E-state index contributed by atoms with van der Waals surface area (Å²) in [6, 6.07) is 4.45. The summed E-state index contributed by atoms with van der Waals surface area (Å²) < 4.78 is 4.53. The van der Waals surface area contributed by atoms with Crippen molar-refractivity contribution in [3.63, 3.8) is 0 Å². The number of aromatic nitrogens is 1. The van der Waals surface area contributed by atoms with Crippen LogP contribution in [0.25, 0.3) is 0 Å². The van der Waals surface area contributed by atoms with E-state index < -0.39 is 11.4 Å². The zero-order chi connectivity index (χ0) is 12.6. The molecule has 0 bridgehead atoms. The number of H-pyrrole nitrogens is 1. The van der Waals surface area contributed by atoms with Crippen LogP contribution in [0.3, 0.4) is 0 Å². The van der Waals surface area contributed by atoms with Gasteiger partial charge < -0.3 is 4.52 Å². The molecular formula is C11H7Cl2NO3. The number of nitrogens with one attached hydrogen (secondary N) is 1. The highest BCUT2D eigenvalue weighted by Crippen LogP contribution is 2.23. The summed E-state index contributed by atoms with van der Waals surface area (Å²) >= 11 is 11.6. The first-order valence-electron chi connectivity index (χ1n) is 4.68. The molecule has 88 valence electrons. The predicted molar refractivity (Wildman–Crippen MR) is 64.0 cm³/mol. The first-order chi connectivity index (χ1) is 8.00. The molecule has 17 heavy (non-hydrogen) atoms. The topological polar surface area (TPSA) is 63.1 Å². The molecule has 2 rings (SSSR count). The van der Waals surface area contributed by atoms with Gasteiger partial charge in [0.25, 0.3) is 0 Å². The number of rotatable bonds is 2. The molecule has 4 nitrogen and oxygen atoms in total. The lowest BCUT2D eigenvalue weighted by molar-refractivity contribution is 0.103. The molecule has 0 aliphatic rings. The summed E-state index contributed by atoms with van der Waals surface area (Å²) in [6.45, 7) is 1.57. The second kappa shape index (κ2) is 4.39. The lowest BCUT2D eigenvalue weighted by atomic mass is 10.0. The van der Waals surface area contributed by atoms with E-state index in [2.05, 4.69) is 9.68 Å². The Morgan fingerprint density at radius 3 is 2.59 bits per heavy atom. The molecule has 0 spiro atoms. The predicted octanol–water partition coefficient (Wildman–Crippen LogP) is 2.81. The molecule has 0 radical (unpaired) electrons. The van der Waals surface area contributed by atoms with Crippen molar-refractivity contribution in [2.45, 2.75) is 6.92 Å². The second-order valence-corrected chi connectivity index (χ2v) is 4.29. The van der Waals surface area contributed by atoms with Crippen molar-refractivity contribution in [3.8, 4) is 0 Å². The molecule has 1 aromatic carbocycles. The average Bonchev–Trinajstić information content (AvgIpc) is 2.58. The smallest absolute Gasteiger partial charge is 0.338 e. The van der Waals surface area contributed by atoms with Crippen molar-refractivity contribution < 1.29 is 9.32 Å². The Balaban J connectivity index is 2.55. The molecule has 0 saturated heterocycles. The Bertz CT molecular complexity index is 642. The molecule has 1 aromatic heterocycles. The zero-order valence-electron chi connectivity index (χ0n) is 8.71. The molecule has 2 aromatic rings. The third-order valence-electron chi connectivity index (χ3n) is 2.28. The summed E-state index contributed by atoms with van der Waals surface area (Å²) in [5, 5.41) is 2.96. The van der Waals surface area contributed by atoms with Crippen molar-refractivity contribution in [2.24, 2.45) is 0 Å². The van der Waals surface area contributed by atoms with Crippen LogP contribution in [-0.4, -0.2) is 10.9 Å². The highest BCUT2D eigenvalue weighted by Gasteiger charge is 2.21. The first kappa shape index (κ1) is 12.0. The molecule has 1 N–H and O–H groups in total. The fraction of sp³-hybridized carbons (Fsp3) is 0.0909. The van der Waals surface area contributed by atoms with E-state index in [4.69, 9.17) is 23.2 Å². The fourth-order valence-corrected chi connectivity index (χ4v) is 1.94. The molecule has 6 heteroatoms. The van der Waals surface area contributed by atoms with E-state index in [0.29, 0.717) is 10.7 Å². The summed E-state index contributed by atoms with van der Waals surface area (Å²) in [7, 11) is 0. The largest absolute Gasteiger partial charge is 0.368 e. The fourth-order valence-electron chi connectivity index (χ4n) is 1.45.